The van der Waals surface area contributed by atoms with Crippen LogP contribution < -0.4 is 10.6 Å². The molecule has 0 radical (unpaired) electrons. The molecule has 14 heteroatoms. The molecule has 264 valence electrons. The molecule has 6 nitrogen and oxygen atoms in total. The van der Waals surface area contributed by atoms with Crippen LogP contribution >= 0.6 is 0 Å². The van der Waals surface area contributed by atoms with E-state index in [1.807, 2.05) is 0 Å². The van der Waals surface area contributed by atoms with Crippen LogP contribution in [-0.2, 0) is 36.1 Å². The smallest absolute Gasteiger partial charge is 0.288 e. The van der Waals surface area contributed by atoms with E-state index >= 15 is 8.78 Å². The Kier molecular flexibility index (Phi) is 8.63. The number of aromatic nitrogens is 2. The van der Waals surface area contributed by atoms with Crippen molar-refractivity contribution in [1.29, 1.82) is 0 Å². The average Bonchev–Trinajstić information content (AvgIpc) is 3.70. The number of hydrogen-bond acceptors (Lipinski definition) is 3. The summed E-state index contributed by atoms with van der Waals surface area (Å²) >= 11 is 0. The largest absolute Gasteiger partial charge is 0.348 e. The zero-order valence-electron chi connectivity index (χ0n) is 26.6. The maximum atomic E-state index is 15.1. The number of hydrogen-bond donors (Lipinski definition) is 2. The molecular formula is C37H28F8N4O2. The Morgan fingerprint density at radius 3 is 2.43 bits per heavy atom. The average molecular weight is 713 g/mol. The van der Waals surface area contributed by atoms with Gasteiger partial charge in [0.25, 0.3) is 24.2 Å². The van der Waals surface area contributed by atoms with Crippen LogP contribution in [0.2, 0.25) is 0 Å². The Hall–Kier alpha value is -5.19. The topological polar surface area (TPSA) is 76.0 Å². The summed E-state index contributed by atoms with van der Waals surface area (Å²) in [4.78, 5) is 30.8. The number of halogens is 8. The van der Waals surface area contributed by atoms with Crippen molar-refractivity contribution in [2.24, 2.45) is 5.92 Å². The molecule has 2 N–H and O–H groups in total. The number of rotatable bonds is 8. The van der Waals surface area contributed by atoms with Gasteiger partial charge in [0.2, 0.25) is 5.91 Å². The van der Waals surface area contributed by atoms with E-state index in [4.69, 9.17) is 0 Å². The molecule has 2 amide bonds. The molecule has 1 saturated carbocycles. The Balaban J connectivity index is 1.31. The van der Waals surface area contributed by atoms with E-state index in [0.717, 1.165) is 30.5 Å². The number of amides is 2. The number of nitrogens with one attached hydrogen (secondary N) is 2. The minimum atomic E-state index is -3.98. The summed E-state index contributed by atoms with van der Waals surface area (Å²) < 4.78 is 117. The van der Waals surface area contributed by atoms with Crippen molar-refractivity contribution in [3.05, 3.63) is 111 Å². The number of fused-ring (bicyclic) bond motifs is 2. The van der Waals surface area contributed by atoms with Crippen molar-refractivity contribution in [1.82, 2.24) is 20.2 Å². The third kappa shape index (κ3) is 6.94. The van der Waals surface area contributed by atoms with Gasteiger partial charge >= 0.3 is 0 Å². The fraction of sp³-hybridized carbons (Fsp3) is 0.324. The highest BCUT2D eigenvalue weighted by molar-refractivity contribution is 5.99. The fourth-order valence-electron chi connectivity index (χ4n) is 6.62. The third-order valence-corrected chi connectivity index (χ3v) is 9.17. The molecule has 3 aliphatic rings. The maximum Gasteiger partial charge on any atom is 0.288 e. The summed E-state index contributed by atoms with van der Waals surface area (Å²) in [6.45, 7) is -0.744. The Morgan fingerprint density at radius 1 is 1.00 bits per heavy atom. The van der Waals surface area contributed by atoms with Crippen LogP contribution in [0.3, 0.4) is 0 Å². The van der Waals surface area contributed by atoms with Gasteiger partial charge in [-0.15, -0.1) is 0 Å². The SMILES string of the molecule is O=C(Cn1cc(C(F)F)c2c1C(F)(F)CCC2(F)F)N[C@@H](Cc1cc(F)cc(F)c1)c1ncc(C#CC2CC2)cc1-c1ccc2c(c1)C(=O)NC2. The number of carbonyl (C=O) groups excluding carboxylic acids is 2. The maximum absolute atomic E-state index is 15.1. The highest BCUT2D eigenvalue weighted by Gasteiger charge is 2.54. The van der Waals surface area contributed by atoms with Gasteiger partial charge in [-0.05, 0) is 60.2 Å². The minimum Gasteiger partial charge on any atom is -0.348 e. The van der Waals surface area contributed by atoms with Crippen molar-refractivity contribution in [3.8, 4) is 23.0 Å². The predicted molar refractivity (Wildman–Crippen MR) is 168 cm³/mol. The summed E-state index contributed by atoms with van der Waals surface area (Å²) in [5.41, 5.74) is -1.47. The molecule has 2 aromatic carbocycles. The monoisotopic (exact) mass is 712 g/mol. The molecule has 3 heterocycles. The second-order valence-corrected chi connectivity index (χ2v) is 13.0. The molecule has 2 aliphatic carbocycles. The lowest BCUT2D eigenvalue weighted by molar-refractivity contribution is -0.123. The van der Waals surface area contributed by atoms with E-state index < -0.39 is 78.1 Å². The zero-order valence-corrected chi connectivity index (χ0v) is 26.6. The molecule has 1 aliphatic heterocycles. The van der Waals surface area contributed by atoms with Crippen LogP contribution in [-0.4, -0.2) is 21.4 Å². The van der Waals surface area contributed by atoms with E-state index in [2.05, 4.69) is 27.5 Å². The Labute approximate surface area is 286 Å². The minimum absolute atomic E-state index is 0.0704. The number of alkyl halides is 6. The first kappa shape index (κ1) is 34.3. The highest BCUT2D eigenvalue weighted by atomic mass is 19.3. The number of nitrogens with zero attached hydrogens (tertiary/aromatic N) is 2. The van der Waals surface area contributed by atoms with Gasteiger partial charge in [-0.1, -0.05) is 24.0 Å². The lowest BCUT2D eigenvalue weighted by Gasteiger charge is -2.31. The van der Waals surface area contributed by atoms with Crippen molar-refractivity contribution < 1.29 is 44.7 Å². The van der Waals surface area contributed by atoms with E-state index in [1.54, 1.807) is 24.3 Å². The molecule has 1 fully saturated rings. The standard InChI is InChI=1S/C37H28F8N4O2/c38-24-9-21(10-25(39)14-24)12-29(48-30(50)18-49-17-28(34(40)41)31-33(49)37(44,45)8-7-36(31,42)43)32-26(11-20(15-46-32)4-3-19-1-2-19)22-5-6-23-16-47-35(51)27(23)13-22/h5-6,9-11,13-15,17,19,29,34H,1-2,7-8,12,16,18H2,(H,47,51)(H,48,50)/t29-/m0/s1. The van der Waals surface area contributed by atoms with Crippen molar-refractivity contribution in [2.45, 2.75) is 69.5 Å². The van der Waals surface area contributed by atoms with Crippen LogP contribution in [0.15, 0.2) is 54.9 Å². The quantitative estimate of drug-likeness (QED) is 0.144. The summed E-state index contributed by atoms with van der Waals surface area (Å²) in [7, 11) is 0. The van der Waals surface area contributed by atoms with Crippen LogP contribution in [0.5, 0.6) is 0 Å². The van der Waals surface area contributed by atoms with Gasteiger partial charge in [-0.2, -0.15) is 8.78 Å². The molecule has 2 aromatic heterocycles. The first-order chi connectivity index (χ1) is 24.2. The molecule has 0 unspecified atom stereocenters. The van der Waals surface area contributed by atoms with E-state index in [1.165, 1.54) is 6.20 Å². The molecule has 0 saturated heterocycles. The van der Waals surface area contributed by atoms with Gasteiger partial charge in [0.05, 0.1) is 23.0 Å². The van der Waals surface area contributed by atoms with Gasteiger partial charge in [0, 0.05) is 66.0 Å². The molecule has 4 aromatic rings. The lowest BCUT2D eigenvalue weighted by Crippen LogP contribution is -2.36. The Morgan fingerprint density at radius 2 is 1.73 bits per heavy atom. The lowest BCUT2D eigenvalue weighted by atomic mass is 9.88. The summed E-state index contributed by atoms with van der Waals surface area (Å²) in [5, 5.41) is 5.34. The Bertz CT molecular complexity index is 2110. The summed E-state index contributed by atoms with van der Waals surface area (Å²) in [5.74, 6) is -4.69. The first-order valence-electron chi connectivity index (χ1n) is 16.1. The molecule has 7 rings (SSSR count). The molecule has 0 spiro atoms. The zero-order chi connectivity index (χ0) is 36.2. The van der Waals surface area contributed by atoms with Gasteiger partial charge in [0.15, 0.2) is 0 Å². The number of carbonyl (C=O) groups is 2. The van der Waals surface area contributed by atoms with E-state index in [0.29, 0.717) is 45.6 Å². The van der Waals surface area contributed by atoms with Crippen molar-refractivity contribution in [3.63, 3.8) is 0 Å². The van der Waals surface area contributed by atoms with Gasteiger partial charge < -0.3 is 15.2 Å². The van der Waals surface area contributed by atoms with Crippen LogP contribution in [0.4, 0.5) is 35.1 Å². The number of benzene rings is 2. The second kappa shape index (κ2) is 12.9. The fourth-order valence-corrected chi connectivity index (χ4v) is 6.62. The second-order valence-electron chi connectivity index (χ2n) is 13.0. The molecular weight excluding hydrogens is 684 g/mol. The molecule has 51 heavy (non-hydrogen) atoms. The van der Waals surface area contributed by atoms with Crippen molar-refractivity contribution in [2.75, 3.05) is 0 Å². The van der Waals surface area contributed by atoms with Crippen LogP contribution in [0, 0.1) is 29.4 Å². The van der Waals surface area contributed by atoms with Crippen molar-refractivity contribution >= 4 is 11.8 Å². The third-order valence-electron chi connectivity index (χ3n) is 9.17. The summed E-state index contributed by atoms with van der Waals surface area (Å²) in [6, 6.07) is 8.22. The highest BCUT2D eigenvalue weighted by Crippen LogP contribution is 2.53. The predicted octanol–water partition coefficient (Wildman–Crippen LogP) is 7.85. The first-order valence-corrected chi connectivity index (χ1v) is 16.1. The van der Waals surface area contributed by atoms with Gasteiger partial charge in [0.1, 0.15) is 18.2 Å². The van der Waals surface area contributed by atoms with Crippen LogP contribution in [0.1, 0.15) is 87.7 Å². The van der Waals surface area contributed by atoms with Crippen LogP contribution in [0.25, 0.3) is 11.1 Å². The van der Waals surface area contributed by atoms with Gasteiger partial charge in [-0.25, -0.2) is 26.3 Å². The van der Waals surface area contributed by atoms with E-state index in [9.17, 15) is 35.9 Å². The van der Waals surface area contributed by atoms with Gasteiger partial charge in [-0.3, -0.25) is 14.6 Å². The molecule has 0 bridgehead atoms. The summed E-state index contributed by atoms with van der Waals surface area (Å²) in [6.07, 6.45) is -2.72. The van der Waals surface area contributed by atoms with E-state index in [-0.39, 0.29) is 29.5 Å². The normalized spacial score (nSPS) is 17.6. The molecule has 1 atom stereocenters. The number of pyridine rings is 1.